The Bertz CT molecular complexity index is 846. The molecule has 1 spiro atoms. The number of benzene rings is 1. The van der Waals surface area contributed by atoms with E-state index in [0.29, 0.717) is 44.7 Å². The predicted molar refractivity (Wildman–Crippen MR) is 108 cm³/mol. The highest BCUT2D eigenvalue weighted by atomic mass is 19.4. The molecular formula is C22H29F4N3O3. The van der Waals surface area contributed by atoms with Crippen LogP contribution in [-0.2, 0) is 4.79 Å². The van der Waals surface area contributed by atoms with Crippen molar-refractivity contribution in [2.24, 2.45) is 5.41 Å². The molecule has 0 radical (unpaired) electrons. The molecule has 1 unspecified atom stereocenters. The van der Waals surface area contributed by atoms with E-state index in [9.17, 15) is 27.5 Å². The SMILES string of the molecule is C[C@H]1C(=O)NCCN1CCC(c1ccc(F)c(OC(F)(F)F)c1)N1CCC2(CC2)[C@H](O)C1. The van der Waals surface area contributed by atoms with Crippen molar-refractivity contribution in [3.8, 4) is 5.75 Å². The lowest BCUT2D eigenvalue weighted by atomic mass is 9.88. The molecule has 1 aliphatic carbocycles. The number of aliphatic hydroxyl groups excluding tert-OH is 1. The number of ether oxygens (including phenoxy) is 1. The molecule has 6 nitrogen and oxygen atoms in total. The fourth-order valence-corrected chi connectivity index (χ4v) is 4.98. The molecule has 4 rings (SSSR count). The smallest absolute Gasteiger partial charge is 0.403 e. The van der Waals surface area contributed by atoms with Gasteiger partial charge in [0.05, 0.1) is 12.1 Å². The van der Waals surface area contributed by atoms with Crippen LogP contribution in [0, 0.1) is 11.2 Å². The summed E-state index contributed by atoms with van der Waals surface area (Å²) in [6, 6.07) is 2.93. The molecule has 2 N–H and O–H groups in total. The fourth-order valence-electron chi connectivity index (χ4n) is 4.98. The lowest BCUT2D eigenvalue weighted by Gasteiger charge is -2.42. The molecular weight excluding hydrogens is 430 g/mol. The average Bonchev–Trinajstić information content (AvgIpc) is 3.50. The number of rotatable bonds is 6. The van der Waals surface area contributed by atoms with Gasteiger partial charge in [0.1, 0.15) is 0 Å². The first-order chi connectivity index (χ1) is 15.1. The van der Waals surface area contributed by atoms with Crippen LogP contribution in [-0.4, -0.2) is 72.0 Å². The van der Waals surface area contributed by atoms with Crippen molar-refractivity contribution >= 4 is 5.91 Å². The summed E-state index contributed by atoms with van der Waals surface area (Å²) < 4.78 is 56.1. The maximum atomic E-state index is 14.0. The van der Waals surface area contributed by atoms with Gasteiger partial charge in [-0.1, -0.05) is 6.07 Å². The van der Waals surface area contributed by atoms with Crippen molar-refractivity contribution in [1.29, 1.82) is 0 Å². The maximum absolute atomic E-state index is 14.0. The summed E-state index contributed by atoms with van der Waals surface area (Å²) in [4.78, 5) is 16.1. The monoisotopic (exact) mass is 459 g/mol. The topological polar surface area (TPSA) is 65.0 Å². The zero-order valence-corrected chi connectivity index (χ0v) is 18.0. The average molecular weight is 459 g/mol. The fraction of sp³-hybridized carbons (Fsp3) is 0.682. The number of carbonyl (C=O) groups is 1. The van der Waals surface area contributed by atoms with Crippen LogP contribution in [0.25, 0.3) is 0 Å². The molecule has 1 saturated carbocycles. The first-order valence-corrected chi connectivity index (χ1v) is 11.1. The standard InChI is InChI=1S/C22H29F4N3O3/c1-14-20(31)27-8-11-28(14)9-4-17(29-10-7-21(5-6-21)19(30)13-29)15-2-3-16(23)18(12-15)32-22(24,25)26/h2-3,12,14,17,19,30H,4-11,13H2,1H3,(H,27,31)/t14-,17?,19+/m0/s1. The van der Waals surface area contributed by atoms with Crippen LogP contribution in [0.1, 0.15) is 44.2 Å². The summed E-state index contributed by atoms with van der Waals surface area (Å²) >= 11 is 0. The van der Waals surface area contributed by atoms with Gasteiger partial charge in [-0.25, -0.2) is 4.39 Å². The van der Waals surface area contributed by atoms with E-state index in [2.05, 4.69) is 15.0 Å². The Labute approximate surface area is 184 Å². The van der Waals surface area contributed by atoms with Crippen LogP contribution in [0.2, 0.25) is 0 Å². The number of amides is 1. The van der Waals surface area contributed by atoms with Crippen LogP contribution in [0.15, 0.2) is 18.2 Å². The Balaban J connectivity index is 1.56. The summed E-state index contributed by atoms with van der Waals surface area (Å²) in [5.74, 6) is -2.00. The third-order valence-corrected chi connectivity index (χ3v) is 7.23. The van der Waals surface area contributed by atoms with Crippen LogP contribution >= 0.6 is 0 Å². The first-order valence-electron chi connectivity index (χ1n) is 11.1. The highest BCUT2D eigenvalue weighted by Gasteiger charge is 2.52. The molecule has 2 aliphatic heterocycles. The van der Waals surface area contributed by atoms with Crippen molar-refractivity contribution < 1.29 is 32.2 Å². The number of carbonyl (C=O) groups excluding carboxylic acids is 1. The van der Waals surface area contributed by atoms with Crippen molar-refractivity contribution in [3.63, 3.8) is 0 Å². The number of β-amino-alcohol motifs (C(OH)–C–C–N with tert-alkyl or cyclic N) is 1. The Morgan fingerprint density at radius 3 is 2.69 bits per heavy atom. The number of hydrogen-bond acceptors (Lipinski definition) is 5. The largest absolute Gasteiger partial charge is 0.573 e. The summed E-state index contributed by atoms with van der Waals surface area (Å²) in [5, 5.41) is 13.5. The van der Waals surface area contributed by atoms with Gasteiger partial charge >= 0.3 is 6.36 Å². The number of piperidine rings is 1. The number of likely N-dealkylation sites (tertiary alicyclic amines) is 1. The third-order valence-electron chi connectivity index (χ3n) is 7.23. The van der Waals surface area contributed by atoms with Crippen molar-refractivity contribution in [2.75, 3.05) is 32.7 Å². The van der Waals surface area contributed by atoms with Gasteiger partial charge < -0.3 is 15.2 Å². The third kappa shape index (κ3) is 5.02. The molecule has 1 amide bonds. The Kier molecular flexibility index (Phi) is 6.39. The number of hydrogen-bond donors (Lipinski definition) is 2. The lowest BCUT2D eigenvalue weighted by molar-refractivity contribution is -0.275. The van der Waals surface area contributed by atoms with Crippen molar-refractivity contribution in [2.45, 2.75) is 57.2 Å². The van der Waals surface area contributed by atoms with Crippen LogP contribution in [0.3, 0.4) is 0 Å². The summed E-state index contributed by atoms with van der Waals surface area (Å²) in [7, 11) is 0. The second-order valence-corrected chi connectivity index (χ2v) is 9.17. The first kappa shape index (κ1) is 23.3. The van der Waals surface area contributed by atoms with Gasteiger partial charge in [-0.15, -0.1) is 13.2 Å². The number of halogens is 4. The molecule has 10 heteroatoms. The maximum Gasteiger partial charge on any atom is 0.573 e. The molecule has 0 bridgehead atoms. The molecule has 32 heavy (non-hydrogen) atoms. The highest BCUT2D eigenvalue weighted by molar-refractivity contribution is 5.81. The van der Waals surface area contributed by atoms with Crippen molar-refractivity contribution in [1.82, 2.24) is 15.1 Å². The summed E-state index contributed by atoms with van der Waals surface area (Å²) in [6.07, 6.45) is -2.16. The number of nitrogens with zero attached hydrogens (tertiary/aromatic N) is 2. The minimum absolute atomic E-state index is 0.0200. The van der Waals surface area contributed by atoms with Gasteiger partial charge in [0, 0.05) is 32.2 Å². The minimum Gasteiger partial charge on any atom is -0.403 e. The quantitative estimate of drug-likeness (QED) is 0.641. The highest BCUT2D eigenvalue weighted by Crippen LogP contribution is 2.54. The number of aliphatic hydroxyl groups is 1. The molecule has 3 fully saturated rings. The van der Waals surface area contributed by atoms with E-state index in [0.717, 1.165) is 31.4 Å². The van der Waals surface area contributed by atoms with E-state index in [1.165, 1.54) is 6.07 Å². The zero-order chi connectivity index (χ0) is 23.1. The zero-order valence-electron chi connectivity index (χ0n) is 18.0. The van der Waals surface area contributed by atoms with Gasteiger partial charge in [-0.2, -0.15) is 0 Å². The normalized spacial score (nSPS) is 27.2. The molecule has 0 aromatic heterocycles. The Morgan fingerprint density at radius 1 is 1.28 bits per heavy atom. The predicted octanol–water partition coefficient (Wildman–Crippen LogP) is 2.82. The van der Waals surface area contributed by atoms with E-state index < -0.39 is 24.0 Å². The minimum atomic E-state index is -4.99. The number of nitrogens with one attached hydrogen (secondary N) is 1. The molecule has 1 aromatic carbocycles. The van der Waals surface area contributed by atoms with E-state index in [1.807, 2.05) is 11.8 Å². The second-order valence-electron chi connectivity index (χ2n) is 9.17. The van der Waals surface area contributed by atoms with E-state index >= 15 is 0 Å². The molecule has 1 aromatic rings. The van der Waals surface area contributed by atoms with Gasteiger partial charge in [0.15, 0.2) is 11.6 Å². The van der Waals surface area contributed by atoms with Crippen LogP contribution in [0.5, 0.6) is 5.75 Å². The Morgan fingerprint density at radius 2 is 2.03 bits per heavy atom. The molecule has 3 atom stereocenters. The van der Waals surface area contributed by atoms with Crippen LogP contribution < -0.4 is 10.1 Å². The van der Waals surface area contributed by atoms with E-state index in [1.54, 1.807) is 0 Å². The second kappa shape index (κ2) is 8.79. The molecule has 3 aliphatic rings. The van der Waals surface area contributed by atoms with Gasteiger partial charge in [-0.3, -0.25) is 14.6 Å². The molecule has 2 saturated heterocycles. The van der Waals surface area contributed by atoms with E-state index in [4.69, 9.17) is 0 Å². The molecule has 2 heterocycles. The van der Waals surface area contributed by atoms with Gasteiger partial charge in [-0.05, 0) is 62.3 Å². The van der Waals surface area contributed by atoms with Gasteiger partial charge in [0.2, 0.25) is 5.91 Å². The summed E-state index contributed by atoms with van der Waals surface area (Å²) in [6.45, 7) is 4.69. The Hall–Kier alpha value is -1.91. The lowest BCUT2D eigenvalue weighted by Crippen LogP contribution is -2.54. The number of alkyl halides is 3. The van der Waals surface area contributed by atoms with Gasteiger partial charge in [0.25, 0.3) is 0 Å². The number of piperazine rings is 1. The van der Waals surface area contributed by atoms with Crippen LogP contribution in [0.4, 0.5) is 17.6 Å². The molecule has 178 valence electrons. The van der Waals surface area contributed by atoms with E-state index in [-0.39, 0.29) is 23.4 Å². The van der Waals surface area contributed by atoms with Crippen molar-refractivity contribution in [3.05, 3.63) is 29.6 Å². The summed E-state index contributed by atoms with van der Waals surface area (Å²) in [5.41, 5.74) is 0.479.